The zero-order valence-electron chi connectivity index (χ0n) is 12.6. The highest BCUT2D eigenvalue weighted by Gasteiger charge is 2.68. The van der Waals surface area contributed by atoms with E-state index in [1.807, 2.05) is 24.3 Å². The maximum atomic E-state index is 12.0. The zero-order chi connectivity index (χ0) is 15.2. The first-order valence-electron chi connectivity index (χ1n) is 6.92. The largest absolute Gasteiger partial charge is 0.368 e. The van der Waals surface area contributed by atoms with Crippen molar-refractivity contribution in [2.45, 2.75) is 51.6 Å². The number of halogens is 1. The van der Waals surface area contributed by atoms with Crippen molar-refractivity contribution in [1.82, 2.24) is 5.32 Å². The quantitative estimate of drug-likeness (QED) is 0.897. The third-order valence-electron chi connectivity index (χ3n) is 4.08. The van der Waals surface area contributed by atoms with Gasteiger partial charge in [0.15, 0.2) is 0 Å². The van der Waals surface area contributed by atoms with Gasteiger partial charge in [0.25, 0.3) is 0 Å². The molecule has 1 aliphatic carbocycles. The van der Waals surface area contributed by atoms with Gasteiger partial charge in [-0.2, -0.15) is 0 Å². The summed E-state index contributed by atoms with van der Waals surface area (Å²) in [6.45, 7) is 8.28. The van der Waals surface area contributed by atoms with Crippen LogP contribution in [0, 0.1) is 5.41 Å². The summed E-state index contributed by atoms with van der Waals surface area (Å²) in [7, 11) is 0. The molecule has 1 aromatic rings. The second-order valence-corrected chi connectivity index (χ2v) is 7.62. The normalized spacial score (nSPS) is 29.2. The maximum Gasteiger partial charge on any atom is 0.238 e. The summed E-state index contributed by atoms with van der Waals surface area (Å²) in [6, 6.07) is 7.78. The topological polar surface area (TPSA) is 55.1 Å². The molecule has 2 rings (SSSR count). The molecule has 0 aromatic heterocycles. The van der Waals surface area contributed by atoms with Crippen LogP contribution in [0.1, 0.15) is 39.7 Å². The highest BCUT2D eigenvalue weighted by atomic mass is 35.5. The Labute approximate surface area is 125 Å². The molecule has 1 aliphatic rings. The van der Waals surface area contributed by atoms with E-state index in [1.165, 1.54) is 5.56 Å². The van der Waals surface area contributed by atoms with Crippen molar-refractivity contribution in [1.29, 1.82) is 0 Å². The molecule has 4 heteroatoms. The number of carbonyl (C=O) groups excluding carboxylic acids is 1. The standard InChI is InChI=1S/C16H23ClN2O/c1-14(2,3)19-16(13(18)20)10-15(16,4)9-11-5-7-12(17)8-6-11/h5-8,19H,9-10H2,1-4H3,(H2,18,20)/t15-,16-/m0/s1. The second-order valence-electron chi connectivity index (χ2n) is 7.19. The average Bonchev–Trinajstić information content (AvgIpc) is 2.85. The molecule has 3 nitrogen and oxygen atoms in total. The van der Waals surface area contributed by atoms with Gasteiger partial charge in [-0.3, -0.25) is 10.1 Å². The maximum absolute atomic E-state index is 12.0. The Morgan fingerprint density at radius 2 is 1.90 bits per heavy atom. The monoisotopic (exact) mass is 294 g/mol. The van der Waals surface area contributed by atoms with Crippen molar-refractivity contribution in [2.75, 3.05) is 0 Å². The fraction of sp³-hybridized carbons (Fsp3) is 0.562. The van der Waals surface area contributed by atoms with Gasteiger partial charge < -0.3 is 5.73 Å². The van der Waals surface area contributed by atoms with Crippen molar-refractivity contribution in [3.8, 4) is 0 Å². The molecule has 1 saturated carbocycles. The molecule has 0 heterocycles. The van der Waals surface area contributed by atoms with Crippen LogP contribution in [0.5, 0.6) is 0 Å². The summed E-state index contributed by atoms with van der Waals surface area (Å²) < 4.78 is 0. The van der Waals surface area contributed by atoms with Gasteiger partial charge in [0.1, 0.15) is 5.54 Å². The minimum Gasteiger partial charge on any atom is -0.368 e. The molecule has 0 aliphatic heterocycles. The van der Waals surface area contributed by atoms with Crippen LogP contribution >= 0.6 is 11.6 Å². The van der Waals surface area contributed by atoms with Crippen LogP contribution in [-0.2, 0) is 11.2 Å². The first-order valence-corrected chi connectivity index (χ1v) is 7.30. The SMILES string of the molecule is CC(C)(C)N[C@]1(C(N)=O)C[C@]1(C)Cc1ccc(Cl)cc1. The number of primary amides is 1. The van der Waals surface area contributed by atoms with Crippen molar-refractivity contribution in [3.63, 3.8) is 0 Å². The van der Waals surface area contributed by atoms with Crippen molar-refractivity contribution >= 4 is 17.5 Å². The van der Waals surface area contributed by atoms with E-state index in [-0.39, 0.29) is 16.9 Å². The van der Waals surface area contributed by atoms with E-state index in [0.717, 1.165) is 17.9 Å². The van der Waals surface area contributed by atoms with Crippen LogP contribution in [0.2, 0.25) is 5.02 Å². The van der Waals surface area contributed by atoms with Gasteiger partial charge in [-0.1, -0.05) is 30.7 Å². The molecule has 0 radical (unpaired) electrons. The minimum absolute atomic E-state index is 0.139. The summed E-state index contributed by atoms with van der Waals surface area (Å²) >= 11 is 5.91. The van der Waals surface area contributed by atoms with Gasteiger partial charge in [-0.05, 0) is 51.3 Å². The van der Waals surface area contributed by atoms with E-state index in [1.54, 1.807) is 0 Å². The molecule has 2 atom stereocenters. The third-order valence-corrected chi connectivity index (χ3v) is 4.33. The highest BCUT2D eigenvalue weighted by molar-refractivity contribution is 6.30. The Bertz CT molecular complexity index is 520. The molecule has 0 spiro atoms. The first-order chi connectivity index (χ1) is 9.08. The fourth-order valence-corrected chi connectivity index (χ4v) is 3.21. The molecule has 0 saturated heterocycles. The fourth-order valence-electron chi connectivity index (χ4n) is 3.09. The number of amides is 1. The Hall–Kier alpha value is -1.06. The van der Waals surface area contributed by atoms with Crippen molar-refractivity contribution in [3.05, 3.63) is 34.9 Å². The molecule has 1 fully saturated rings. The van der Waals surface area contributed by atoms with E-state index in [0.29, 0.717) is 0 Å². The molecular weight excluding hydrogens is 272 g/mol. The van der Waals surface area contributed by atoms with Crippen molar-refractivity contribution < 1.29 is 4.79 Å². The van der Waals surface area contributed by atoms with E-state index in [9.17, 15) is 4.79 Å². The molecular formula is C16H23ClN2O. The van der Waals surface area contributed by atoms with E-state index >= 15 is 0 Å². The average molecular weight is 295 g/mol. The van der Waals surface area contributed by atoms with Crippen LogP contribution in [0.4, 0.5) is 0 Å². The summed E-state index contributed by atoms with van der Waals surface area (Å²) in [6.07, 6.45) is 1.59. The van der Waals surface area contributed by atoms with Crippen LogP contribution in [0.25, 0.3) is 0 Å². The second kappa shape index (κ2) is 4.74. The van der Waals surface area contributed by atoms with E-state index < -0.39 is 5.54 Å². The Morgan fingerprint density at radius 3 is 2.35 bits per heavy atom. The molecule has 110 valence electrons. The lowest BCUT2D eigenvalue weighted by atomic mass is 9.91. The number of nitrogens with two attached hydrogens (primary N) is 1. The molecule has 1 aromatic carbocycles. The lowest BCUT2D eigenvalue weighted by Crippen LogP contribution is -2.55. The number of hydrogen-bond donors (Lipinski definition) is 2. The summed E-state index contributed by atoms with van der Waals surface area (Å²) in [5, 5.41) is 4.15. The lowest BCUT2D eigenvalue weighted by Gasteiger charge is -2.30. The van der Waals surface area contributed by atoms with E-state index in [2.05, 4.69) is 33.0 Å². The third kappa shape index (κ3) is 2.84. The van der Waals surface area contributed by atoms with Gasteiger partial charge in [-0.15, -0.1) is 0 Å². The smallest absolute Gasteiger partial charge is 0.238 e. The van der Waals surface area contributed by atoms with Crippen LogP contribution in [0.15, 0.2) is 24.3 Å². The summed E-state index contributed by atoms with van der Waals surface area (Å²) in [4.78, 5) is 12.0. The van der Waals surface area contributed by atoms with Crippen molar-refractivity contribution in [2.24, 2.45) is 11.1 Å². The highest BCUT2D eigenvalue weighted by Crippen LogP contribution is 2.58. The van der Waals surface area contributed by atoms with Gasteiger partial charge in [0, 0.05) is 16.0 Å². The Balaban J connectivity index is 2.19. The molecule has 0 unspecified atom stereocenters. The Morgan fingerprint density at radius 1 is 1.35 bits per heavy atom. The molecule has 3 N–H and O–H groups in total. The van der Waals surface area contributed by atoms with Crippen LogP contribution in [-0.4, -0.2) is 17.0 Å². The van der Waals surface area contributed by atoms with Gasteiger partial charge in [0.2, 0.25) is 5.91 Å². The minimum atomic E-state index is -0.606. The van der Waals surface area contributed by atoms with Crippen LogP contribution in [0.3, 0.4) is 0 Å². The number of rotatable bonds is 4. The van der Waals surface area contributed by atoms with Gasteiger partial charge >= 0.3 is 0 Å². The van der Waals surface area contributed by atoms with Gasteiger partial charge in [-0.25, -0.2) is 0 Å². The summed E-state index contributed by atoms with van der Waals surface area (Å²) in [5.41, 5.74) is 5.96. The number of nitrogens with one attached hydrogen (secondary N) is 1. The molecule has 0 bridgehead atoms. The van der Waals surface area contributed by atoms with Crippen LogP contribution < -0.4 is 11.1 Å². The lowest BCUT2D eigenvalue weighted by molar-refractivity contribution is -0.122. The summed E-state index contributed by atoms with van der Waals surface area (Å²) in [5.74, 6) is -0.260. The zero-order valence-corrected chi connectivity index (χ0v) is 13.3. The number of benzene rings is 1. The first kappa shape index (κ1) is 15.3. The van der Waals surface area contributed by atoms with Gasteiger partial charge in [0.05, 0.1) is 0 Å². The predicted molar refractivity (Wildman–Crippen MR) is 82.7 cm³/mol. The number of hydrogen-bond acceptors (Lipinski definition) is 2. The molecule has 1 amide bonds. The number of carbonyl (C=O) groups is 1. The van der Waals surface area contributed by atoms with E-state index in [4.69, 9.17) is 17.3 Å². The predicted octanol–water partition coefficient (Wildman–Crippen LogP) is 2.90. The Kier molecular flexibility index (Phi) is 3.64. The molecule has 20 heavy (non-hydrogen) atoms.